The number of nitrogens with two attached hydrogens (primary N) is 1. The van der Waals surface area contributed by atoms with Crippen molar-refractivity contribution >= 4 is 23.8 Å². The average Bonchev–Trinajstić information content (AvgIpc) is 2.48. The Hall–Kier alpha value is -2.16. The molecule has 0 fully saturated rings. The van der Waals surface area contributed by atoms with E-state index in [1.165, 1.54) is 6.92 Å². The van der Waals surface area contributed by atoms with E-state index in [4.69, 9.17) is 15.9 Å². The Kier molecular flexibility index (Phi) is 8.86. The average molecular weight is 331 g/mol. The molecule has 0 saturated carbocycles. The van der Waals surface area contributed by atoms with Gasteiger partial charge < -0.3 is 26.6 Å². The standard InChI is InChI=1S/C14H25N3O6/c1-4-7(2)11(15)13(21)16-8(3)12(20)17-9(14(22)23)5-6-10(18)19/h7-9,11H,4-6,15H2,1-3H3,(H,16,21)(H,17,20)(H,18,19)(H,22,23). The van der Waals surface area contributed by atoms with Gasteiger partial charge in [-0.05, 0) is 19.3 Å². The van der Waals surface area contributed by atoms with Crippen LogP contribution in [0.25, 0.3) is 0 Å². The van der Waals surface area contributed by atoms with Gasteiger partial charge in [0.05, 0.1) is 6.04 Å². The van der Waals surface area contributed by atoms with Crippen molar-refractivity contribution in [2.75, 3.05) is 0 Å². The van der Waals surface area contributed by atoms with Gasteiger partial charge in [-0.1, -0.05) is 20.3 Å². The fourth-order valence-electron chi connectivity index (χ4n) is 1.71. The summed E-state index contributed by atoms with van der Waals surface area (Å²) in [4.78, 5) is 45.3. The van der Waals surface area contributed by atoms with E-state index in [1.54, 1.807) is 6.92 Å². The van der Waals surface area contributed by atoms with Crippen LogP contribution < -0.4 is 16.4 Å². The molecule has 0 aliphatic heterocycles. The van der Waals surface area contributed by atoms with Crippen LogP contribution in [0.1, 0.15) is 40.0 Å². The molecule has 0 radical (unpaired) electrons. The lowest BCUT2D eigenvalue weighted by Gasteiger charge is -2.22. The third-order valence-corrected chi connectivity index (χ3v) is 3.57. The molecule has 0 aromatic carbocycles. The molecule has 0 spiro atoms. The van der Waals surface area contributed by atoms with Gasteiger partial charge in [0, 0.05) is 6.42 Å². The zero-order valence-corrected chi connectivity index (χ0v) is 13.5. The molecule has 9 heteroatoms. The molecule has 132 valence electrons. The monoisotopic (exact) mass is 331 g/mol. The van der Waals surface area contributed by atoms with E-state index in [9.17, 15) is 19.2 Å². The molecule has 2 amide bonds. The van der Waals surface area contributed by atoms with Crippen molar-refractivity contribution in [3.63, 3.8) is 0 Å². The predicted molar refractivity (Wildman–Crippen MR) is 81.5 cm³/mol. The molecular weight excluding hydrogens is 306 g/mol. The lowest BCUT2D eigenvalue weighted by molar-refractivity contribution is -0.143. The van der Waals surface area contributed by atoms with Crippen molar-refractivity contribution in [3.05, 3.63) is 0 Å². The topological polar surface area (TPSA) is 159 Å². The van der Waals surface area contributed by atoms with Gasteiger partial charge in [0.2, 0.25) is 11.8 Å². The van der Waals surface area contributed by atoms with Gasteiger partial charge >= 0.3 is 11.9 Å². The quantitative estimate of drug-likeness (QED) is 0.354. The fraction of sp³-hybridized carbons (Fsp3) is 0.714. The first-order valence-corrected chi connectivity index (χ1v) is 7.41. The summed E-state index contributed by atoms with van der Waals surface area (Å²) in [5.74, 6) is -3.78. The maximum Gasteiger partial charge on any atom is 0.326 e. The zero-order chi connectivity index (χ0) is 18.2. The van der Waals surface area contributed by atoms with Crippen LogP contribution >= 0.6 is 0 Å². The van der Waals surface area contributed by atoms with Crippen LogP contribution in [0.2, 0.25) is 0 Å². The number of hydrogen-bond donors (Lipinski definition) is 5. The van der Waals surface area contributed by atoms with Crippen molar-refractivity contribution in [1.82, 2.24) is 10.6 Å². The molecule has 0 aromatic rings. The van der Waals surface area contributed by atoms with Gasteiger partial charge in [0.1, 0.15) is 12.1 Å². The van der Waals surface area contributed by atoms with Crippen LogP contribution in [0, 0.1) is 5.92 Å². The highest BCUT2D eigenvalue weighted by Gasteiger charge is 2.26. The van der Waals surface area contributed by atoms with Gasteiger partial charge in [-0.3, -0.25) is 14.4 Å². The van der Waals surface area contributed by atoms with E-state index in [0.29, 0.717) is 6.42 Å². The summed E-state index contributed by atoms with van der Waals surface area (Å²) in [7, 11) is 0. The first-order chi connectivity index (χ1) is 10.6. The molecule has 4 unspecified atom stereocenters. The molecule has 4 atom stereocenters. The third kappa shape index (κ3) is 7.59. The Labute approximate surface area is 134 Å². The normalized spacial score (nSPS) is 15.8. The minimum atomic E-state index is -1.34. The number of carboxylic acid groups (broad SMARTS) is 2. The summed E-state index contributed by atoms with van der Waals surface area (Å²) in [6, 6.07) is -3.08. The molecule has 0 aromatic heterocycles. The molecule has 0 heterocycles. The Morgan fingerprint density at radius 1 is 1.04 bits per heavy atom. The maximum absolute atomic E-state index is 11.9. The van der Waals surface area contributed by atoms with Gasteiger partial charge in [-0.25, -0.2) is 4.79 Å². The maximum atomic E-state index is 11.9. The van der Waals surface area contributed by atoms with Gasteiger partial charge in [0.15, 0.2) is 0 Å². The van der Waals surface area contributed by atoms with Crippen molar-refractivity contribution in [1.29, 1.82) is 0 Å². The van der Waals surface area contributed by atoms with E-state index >= 15 is 0 Å². The lowest BCUT2D eigenvalue weighted by atomic mass is 9.99. The summed E-state index contributed by atoms with van der Waals surface area (Å²) in [5, 5.41) is 22.2. The third-order valence-electron chi connectivity index (χ3n) is 3.57. The van der Waals surface area contributed by atoms with Crippen LogP contribution in [0.15, 0.2) is 0 Å². The second kappa shape index (κ2) is 9.78. The van der Waals surface area contributed by atoms with Gasteiger partial charge in [-0.2, -0.15) is 0 Å². The predicted octanol–water partition coefficient (Wildman–Crippen LogP) is -0.701. The SMILES string of the molecule is CCC(C)C(N)C(=O)NC(C)C(=O)NC(CCC(=O)O)C(=O)O. The molecule has 0 rings (SSSR count). The summed E-state index contributed by atoms with van der Waals surface area (Å²) in [6.07, 6.45) is 0.0613. The largest absolute Gasteiger partial charge is 0.481 e. The molecule has 0 aliphatic carbocycles. The molecule has 0 saturated heterocycles. The van der Waals surface area contributed by atoms with Crippen molar-refractivity contribution < 1.29 is 29.4 Å². The van der Waals surface area contributed by atoms with Crippen LogP contribution in [0.3, 0.4) is 0 Å². The highest BCUT2D eigenvalue weighted by molar-refractivity contribution is 5.91. The minimum Gasteiger partial charge on any atom is -0.481 e. The first-order valence-electron chi connectivity index (χ1n) is 7.41. The smallest absolute Gasteiger partial charge is 0.326 e. The molecular formula is C14H25N3O6. The minimum absolute atomic E-state index is 0.0624. The molecule has 0 aliphatic rings. The van der Waals surface area contributed by atoms with E-state index in [-0.39, 0.29) is 12.3 Å². The molecule has 23 heavy (non-hydrogen) atoms. The van der Waals surface area contributed by atoms with Crippen molar-refractivity contribution in [2.45, 2.75) is 58.2 Å². The van der Waals surface area contributed by atoms with Crippen LogP contribution in [0.5, 0.6) is 0 Å². The van der Waals surface area contributed by atoms with E-state index in [2.05, 4.69) is 10.6 Å². The van der Waals surface area contributed by atoms with E-state index < -0.39 is 48.3 Å². The highest BCUT2D eigenvalue weighted by atomic mass is 16.4. The molecule has 6 N–H and O–H groups in total. The summed E-state index contributed by atoms with van der Waals surface area (Å²) in [6.45, 7) is 5.09. The Bertz CT molecular complexity index is 454. The number of hydrogen-bond acceptors (Lipinski definition) is 5. The van der Waals surface area contributed by atoms with Crippen molar-refractivity contribution in [3.8, 4) is 0 Å². The number of amides is 2. The number of aliphatic carboxylic acids is 2. The van der Waals surface area contributed by atoms with Gasteiger partial charge in [-0.15, -0.1) is 0 Å². The van der Waals surface area contributed by atoms with E-state index in [1.807, 2.05) is 6.92 Å². The second-order valence-electron chi connectivity index (χ2n) is 5.47. The fourth-order valence-corrected chi connectivity index (χ4v) is 1.71. The number of carboxylic acids is 2. The number of nitrogens with one attached hydrogen (secondary N) is 2. The Balaban J connectivity index is 4.59. The molecule has 9 nitrogen and oxygen atoms in total. The lowest BCUT2D eigenvalue weighted by Crippen LogP contribution is -2.54. The zero-order valence-electron chi connectivity index (χ0n) is 13.5. The molecule has 0 bridgehead atoms. The summed E-state index contributed by atoms with van der Waals surface area (Å²) in [5.41, 5.74) is 5.75. The number of carbonyl (C=O) groups is 4. The van der Waals surface area contributed by atoms with Crippen molar-refractivity contribution in [2.24, 2.45) is 11.7 Å². The highest BCUT2D eigenvalue weighted by Crippen LogP contribution is 2.05. The summed E-state index contributed by atoms with van der Waals surface area (Å²) >= 11 is 0. The Morgan fingerprint density at radius 2 is 1.61 bits per heavy atom. The second-order valence-corrected chi connectivity index (χ2v) is 5.47. The Morgan fingerprint density at radius 3 is 2.04 bits per heavy atom. The van der Waals surface area contributed by atoms with Crippen LogP contribution in [0.4, 0.5) is 0 Å². The van der Waals surface area contributed by atoms with E-state index in [0.717, 1.165) is 0 Å². The number of carbonyl (C=O) groups excluding carboxylic acids is 2. The van der Waals surface area contributed by atoms with Gasteiger partial charge in [0.25, 0.3) is 0 Å². The van der Waals surface area contributed by atoms with Crippen LogP contribution in [-0.4, -0.2) is 52.1 Å². The number of rotatable bonds is 10. The summed E-state index contributed by atoms with van der Waals surface area (Å²) < 4.78 is 0. The first kappa shape index (κ1) is 20.8. The van der Waals surface area contributed by atoms with Crippen LogP contribution in [-0.2, 0) is 19.2 Å².